The first-order valence-corrected chi connectivity index (χ1v) is 11.7. The van der Waals surface area contributed by atoms with Gasteiger partial charge >= 0.3 is 6.03 Å². The summed E-state index contributed by atoms with van der Waals surface area (Å²) in [6.07, 6.45) is 3.09. The number of hydrogen-bond acceptors (Lipinski definition) is 3. The van der Waals surface area contributed by atoms with Crippen molar-refractivity contribution in [2.45, 2.75) is 45.6 Å². The van der Waals surface area contributed by atoms with Crippen molar-refractivity contribution in [2.75, 3.05) is 31.1 Å². The Bertz CT molecular complexity index is 953. The number of aryl methyl sites for hydroxylation is 1. The van der Waals surface area contributed by atoms with E-state index in [1.54, 1.807) is 0 Å². The normalized spacial score (nSPS) is 18.6. The summed E-state index contributed by atoms with van der Waals surface area (Å²) in [6, 6.07) is 16.0. The van der Waals surface area contributed by atoms with Crippen molar-refractivity contribution >= 4 is 17.6 Å². The standard InChI is InChI=1S/C26H33N3O3/c1-3-22-18-29(23-10-6-7-11-24(23)32-22)26(31)28-16-13-21(14-17-28)25(30)27-15-12-20-9-5-4-8-19(20)2/h4-11,21-22H,3,12-18H2,1-2H3,(H,27,30)/t22-/m1/s1. The van der Waals surface area contributed by atoms with Crippen LogP contribution in [0.2, 0.25) is 0 Å². The average Bonchev–Trinajstić information content (AvgIpc) is 2.84. The van der Waals surface area contributed by atoms with E-state index in [9.17, 15) is 9.59 Å². The second kappa shape index (κ2) is 10.1. The molecule has 2 aliphatic rings. The number of anilines is 1. The van der Waals surface area contributed by atoms with Crippen LogP contribution >= 0.6 is 0 Å². The van der Waals surface area contributed by atoms with Crippen molar-refractivity contribution in [3.63, 3.8) is 0 Å². The number of rotatable bonds is 5. The number of likely N-dealkylation sites (tertiary alicyclic amines) is 1. The predicted octanol–water partition coefficient (Wildman–Crippen LogP) is 4.16. The lowest BCUT2D eigenvalue weighted by Crippen LogP contribution is -2.52. The van der Waals surface area contributed by atoms with Gasteiger partial charge in [-0.05, 0) is 55.9 Å². The molecule has 32 heavy (non-hydrogen) atoms. The van der Waals surface area contributed by atoms with Crippen LogP contribution in [-0.4, -0.2) is 49.1 Å². The average molecular weight is 436 g/mol. The smallest absolute Gasteiger partial charge is 0.324 e. The Balaban J connectivity index is 1.29. The van der Waals surface area contributed by atoms with Crippen molar-refractivity contribution < 1.29 is 14.3 Å². The van der Waals surface area contributed by atoms with E-state index >= 15 is 0 Å². The Kier molecular flexibility index (Phi) is 6.98. The summed E-state index contributed by atoms with van der Waals surface area (Å²) in [6.45, 7) is 6.58. The summed E-state index contributed by atoms with van der Waals surface area (Å²) >= 11 is 0. The molecule has 3 amide bonds. The van der Waals surface area contributed by atoms with Gasteiger partial charge in [-0.3, -0.25) is 9.69 Å². The second-order valence-corrected chi connectivity index (χ2v) is 8.74. The molecule has 2 aliphatic heterocycles. The van der Waals surface area contributed by atoms with Crippen molar-refractivity contribution in [1.82, 2.24) is 10.2 Å². The number of hydrogen-bond donors (Lipinski definition) is 1. The molecule has 2 heterocycles. The molecule has 0 spiro atoms. The quantitative estimate of drug-likeness (QED) is 0.767. The fraction of sp³-hybridized carbons (Fsp3) is 0.462. The van der Waals surface area contributed by atoms with Crippen LogP contribution in [0.15, 0.2) is 48.5 Å². The maximum absolute atomic E-state index is 13.3. The van der Waals surface area contributed by atoms with Crippen LogP contribution in [0, 0.1) is 12.8 Å². The van der Waals surface area contributed by atoms with Crippen LogP contribution in [0.3, 0.4) is 0 Å². The monoisotopic (exact) mass is 435 g/mol. The number of para-hydroxylation sites is 2. The summed E-state index contributed by atoms with van der Waals surface area (Å²) < 4.78 is 6.01. The van der Waals surface area contributed by atoms with E-state index in [2.05, 4.69) is 31.3 Å². The van der Waals surface area contributed by atoms with E-state index in [4.69, 9.17) is 4.74 Å². The molecule has 1 N–H and O–H groups in total. The first-order chi connectivity index (χ1) is 15.6. The molecule has 0 aliphatic carbocycles. The Morgan fingerprint density at radius 2 is 1.78 bits per heavy atom. The molecule has 2 aromatic rings. The number of ether oxygens (including phenoxy) is 1. The van der Waals surface area contributed by atoms with Gasteiger partial charge in [0.15, 0.2) is 0 Å². The van der Waals surface area contributed by atoms with Gasteiger partial charge in [-0.1, -0.05) is 43.3 Å². The zero-order chi connectivity index (χ0) is 22.5. The summed E-state index contributed by atoms with van der Waals surface area (Å²) in [7, 11) is 0. The minimum absolute atomic E-state index is 0.00502. The van der Waals surface area contributed by atoms with Crippen molar-refractivity contribution in [1.29, 1.82) is 0 Å². The fourth-order valence-corrected chi connectivity index (χ4v) is 4.55. The number of nitrogens with one attached hydrogen (secondary N) is 1. The van der Waals surface area contributed by atoms with E-state index in [1.165, 1.54) is 11.1 Å². The maximum atomic E-state index is 13.3. The van der Waals surface area contributed by atoms with E-state index in [-0.39, 0.29) is 24.0 Å². The van der Waals surface area contributed by atoms with Crippen molar-refractivity contribution in [3.8, 4) is 5.75 Å². The summed E-state index contributed by atoms with van der Waals surface area (Å²) in [5.41, 5.74) is 3.35. The SMILES string of the molecule is CC[C@@H]1CN(C(=O)N2CCC(C(=O)NCCc3ccccc3C)CC2)c2ccccc2O1. The van der Waals surface area contributed by atoms with E-state index < -0.39 is 0 Å². The molecule has 6 nitrogen and oxygen atoms in total. The lowest BCUT2D eigenvalue weighted by atomic mass is 9.96. The number of carbonyl (C=O) groups is 2. The number of amides is 3. The molecule has 1 saturated heterocycles. The molecular weight excluding hydrogens is 402 g/mol. The molecule has 0 aromatic heterocycles. The topological polar surface area (TPSA) is 61.9 Å². The first-order valence-electron chi connectivity index (χ1n) is 11.7. The van der Waals surface area contributed by atoms with Gasteiger partial charge in [-0.15, -0.1) is 0 Å². The molecule has 0 unspecified atom stereocenters. The minimum atomic E-state index is -0.0312. The molecule has 1 atom stereocenters. The summed E-state index contributed by atoms with van der Waals surface area (Å²) in [5, 5.41) is 3.09. The number of benzene rings is 2. The zero-order valence-corrected chi connectivity index (χ0v) is 19.0. The summed E-state index contributed by atoms with van der Waals surface area (Å²) in [5.74, 6) is 0.839. The third-order valence-corrected chi connectivity index (χ3v) is 6.61. The van der Waals surface area contributed by atoms with Crippen LogP contribution in [-0.2, 0) is 11.2 Å². The minimum Gasteiger partial charge on any atom is -0.486 e. The van der Waals surface area contributed by atoms with E-state index in [0.29, 0.717) is 39.0 Å². The van der Waals surface area contributed by atoms with Crippen LogP contribution < -0.4 is 15.0 Å². The Morgan fingerprint density at radius 1 is 1.06 bits per heavy atom. The van der Waals surface area contributed by atoms with Crippen molar-refractivity contribution in [3.05, 3.63) is 59.7 Å². The van der Waals surface area contributed by atoms with Gasteiger partial charge < -0.3 is 15.0 Å². The van der Waals surface area contributed by atoms with Gasteiger partial charge in [0.05, 0.1) is 12.2 Å². The van der Waals surface area contributed by atoms with E-state index in [1.807, 2.05) is 46.2 Å². The first kappa shape index (κ1) is 22.2. The largest absolute Gasteiger partial charge is 0.486 e. The van der Waals surface area contributed by atoms with Gasteiger partial charge in [-0.2, -0.15) is 0 Å². The highest BCUT2D eigenvalue weighted by Gasteiger charge is 2.34. The highest BCUT2D eigenvalue weighted by molar-refractivity contribution is 5.94. The number of carbonyl (C=O) groups excluding carboxylic acids is 2. The Labute approximate surface area is 190 Å². The van der Waals surface area contributed by atoms with Gasteiger partial charge in [0.2, 0.25) is 5.91 Å². The number of nitrogens with zero attached hydrogens (tertiary/aromatic N) is 2. The molecule has 4 rings (SSSR count). The van der Waals surface area contributed by atoms with Gasteiger partial charge in [-0.25, -0.2) is 4.79 Å². The van der Waals surface area contributed by atoms with Crippen molar-refractivity contribution in [2.24, 2.45) is 5.92 Å². The lowest BCUT2D eigenvalue weighted by molar-refractivity contribution is -0.126. The molecule has 0 radical (unpaired) electrons. The lowest BCUT2D eigenvalue weighted by Gasteiger charge is -2.39. The number of fused-ring (bicyclic) bond motifs is 1. The molecule has 1 fully saturated rings. The molecule has 0 saturated carbocycles. The molecular formula is C26H33N3O3. The highest BCUT2D eigenvalue weighted by Crippen LogP contribution is 2.35. The predicted molar refractivity (Wildman–Crippen MR) is 126 cm³/mol. The number of urea groups is 1. The van der Waals surface area contributed by atoms with Crippen LogP contribution in [0.4, 0.5) is 10.5 Å². The summed E-state index contributed by atoms with van der Waals surface area (Å²) in [4.78, 5) is 29.7. The third kappa shape index (κ3) is 4.90. The second-order valence-electron chi connectivity index (χ2n) is 8.74. The zero-order valence-electron chi connectivity index (χ0n) is 19.0. The van der Waals surface area contributed by atoms with Gasteiger partial charge in [0.1, 0.15) is 11.9 Å². The van der Waals surface area contributed by atoms with Crippen LogP contribution in [0.25, 0.3) is 0 Å². The van der Waals surface area contributed by atoms with Crippen LogP contribution in [0.5, 0.6) is 5.75 Å². The Morgan fingerprint density at radius 3 is 2.53 bits per heavy atom. The van der Waals surface area contributed by atoms with E-state index in [0.717, 1.165) is 24.3 Å². The highest BCUT2D eigenvalue weighted by atomic mass is 16.5. The molecule has 0 bridgehead atoms. The van der Waals surface area contributed by atoms with Gasteiger partial charge in [0, 0.05) is 25.6 Å². The fourth-order valence-electron chi connectivity index (χ4n) is 4.55. The molecule has 6 heteroatoms. The third-order valence-electron chi connectivity index (χ3n) is 6.61. The molecule has 2 aromatic carbocycles. The Hall–Kier alpha value is -3.02. The van der Waals surface area contributed by atoms with Crippen LogP contribution in [0.1, 0.15) is 37.3 Å². The maximum Gasteiger partial charge on any atom is 0.324 e. The molecule has 170 valence electrons. The van der Waals surface area contributed by atoms with Gasteiger partial charge in [0.25, 0.3) is 0 Å². The number of piperidine rings is 1.